The zero-order valence-electron chi connectivity index (χ0n) is 10.6. The average Bonchev–Trinajstić information content (AvgIpc) is 2.87. The van der Waals surface area contributed by atoms with Crippen LogP contribution >= 0.6 is 0 Å². The van der Waals surface area contributed by atoms with E-state index in [0.29, 0.717) is 18.8 Å². The lowest BCUT2D eigenvalue weighted by atomic mass is 10.0. The van der Waals surface area contributed by atoms with Gasteiger partial charge in [-0.1, -0.05) is 0 Å². The fourth-order valence-electron chi connectivity index (χ4n) is 2.43. The number of carbonyl (C=O) groups excluding carboxylic acids is 1. The molecule has 0 aromatic carbocycles. The molecule has 3 N–H and O–H groups in total. The smallest absolute Gasteiger partial charge is 0.269 e. The van der Waals surface area contributed by atoms with Crippen LogP contribution in [0.4, 0.5) is 0 Å². The summed E-state index contributed by atoms with van der Waals surface area (Å²) in [5.41, 5.74) is 4.06. The number of aliphatic hydroxyl groups is 1. The summed E-state index contributed by atoms with van der Waals surface area (Å²) < 4.78 is 0. The van der Waals surface area contributed by atoms with Gasteiger partial charge in [-0.3, -0.25) is 9.78 Å². The number of fused-ring (bicyclic) bond motifs is 1. The molecule has 0 bridgehead atoms. The number of nitrogens with zero attached hydrogens (tertiary/aromatic N) is 1. The molecule has 5 heteroatoms. The second-order valence-electron chi connectivity index (χ2n) is 4.42. The Bertz CT molecular complexity index is 446. The van der Waals surface area contributed by atoms with Crippen molar-refractivity contribution in [3.63, 3.8) is 0 Å². The van der Waals surface area contributed by atoms with Gasteiger partial charge in [0.15, 0.2) is 0 Å². The van der Waals surface area contributed by atoms with E-state index < -0.39 is 0 Å². The predicted octanol–water partition coefficient (Wildman–Crippen LogP) is 0.0118. The van der Waals surface area contributed by atoms with E-state index in [0.717, 1.165) is 30.4 Å². The van der Waals surface area contributed by atoms with Crippen LogP contribution in [0.1, 0.15) is 33.6 Å². The molecule has 0 atom stereocenters. The average molecular weight is 249 g/mol. The summed E-state index contributed by atoms with van der Waals surface area (Å²) in [4.78, 5) is 16.0. The maximum absolute atomic E-state index is 11.7. The van der Waals surface area contributed by atoms with Crippen LogP contribution < -0.4 is 10.6 Å². The zero-order chi connectivity index (χ0) is 13.0. The number of hydrogen-bond donors (Lipinski definition) is 3. The highest BCUT2D eigenvalue weighted by atomic mass is 16.3. The molecule has 1 aromatic rings. The van der Waals surface area contributed by atoms with Crippen LogP contribution in [0.15, 0.2) is 6.20 Å². The van der Waals surface area contributed by atoms with Crippen LogP contribution in [0.3, 0.4) is 0 Å². The Morgan fingerprint density at radius 1 is 1.44 bits per heavy atom. The fourth-order valence-corrected chi connectivity index (χ4v) is 2.43. The lowest BCUT2D eigenvalue weighted by Gasteiger charge is -2.11. The van der Waals surface area contributed by atoms with Gasteiger partial charge in [0, 0.05) is 26.3 Å². The summed E-state index contributed by atoms with van der Waals surface area (Å²) in [6.45, 7) is 1.40. The third-order valence-corrected chi connectivity index (χ3v) is 3.29. The van der Waals surface area contributed by atoms with Crippen molar-refractivity contribution in [2.75, 3.05) is 20.2 Å². The third kappa shape index (κ3) is 2.52. The van der Waals surface area contributed by atoms with E-state index in [-0.39, 0.29) is 12.5 Å². The second-order valence-corrected chi connectivity index (χ2v) is 4.42. The highest BCUT2D eigenvalue weighted by Crippen LogP contribution is 2.27. The monoisotopic (exact) mass is 249 g/mol. The van der Waals surface area contributed by atoms with E-state index >= 15 is 0 Å². The topological polar surface area (TPSA) is 74.2 Å². The molecule has 98 valence electrons. The minimum absolute atomic E-state index is 0.108. The number of pyridine rings is 1. The third-order valence-electron chi connectivity index (χ3n) is 3.29. The van der Waals surface area contributed by atoms with Crippen LogP contribution in [-0.4, -0.2) is 36.2 Å². The number of rotatable bonds is 5. The summed E-state index contributed by atoms with van der Waals surface area (Å²) in [5.74, 6) is -0.108. The summed E-state index contributed by atoms with van der Waals surface area (Å²) in [5, 5.41) is 14.5. The fraction of sp³-hybridized carbons (Fsp3) is 0.538. The van der Waals surface area contributed by atoms with Gasteiger partial charge in [-0.25, -0.2) is 0 Å². The molecule has 0 unspecified atom stereocenters. The molecule has 1 heterocycles. The molecule has 1 aromatic heterocycles. The van der Waals surface area contributed by atoms with E-state index in [4.69, 9.17) is 5.11 Å². The minimum Gasteiger partial charge on any atom is -0.395 e. The van der Waals surface area contributed by atoms with Gasteiger partial charge in [0.25, 0.3) is 5.91 Å². The Labute approximate surface area is 107 Å². The predicted molar refractivity (Wildman–Crippen MR) is 68.4 cm³/mol. The first-order valence-corrected chi connectivity index (χ1v) is 6.31. The lowest BCUT2D eigenvalue weighted by molar-refractivity contribution is 0.0957. The first-order valence-electron chi connectivity index (χ1n) is 6.31. The molecule has 0 aliphatic heterocycles. The number of aliphatic hydroxyl groups excluding tert-OH is 1. The molecule has 1 amide bonds. The summed E-state index contributed by atoms with van der Waals surface area (Å²) >= 11 is 0. The molecular formula is C13H19N3O2. The maximum Gasteiger partial charge on any atom is 0.269 e. The van der Waals surface area contributed by atoms with Crippen molar-refractivity contribution >= 4 is 5.91 Å². The molecule has 0 saturated carbocycles. The highest BCUT2D eigenvalue weighted by molar-refractivity contribution is 5.94. The van der Waals surface area contributed by atoms with Crippen molar-refractivity contribution in [2.45, 2.75) is 25.8 Å². The Kier molecular flexibility index (Phi) is 4.28. The molecule has 18 heavy (non-hydrogen) atoms. The lowest BCUT2D eigenvalue weighted by Crippen LogP contribution is -2.23. The molecule has 5 nitrogen and oxygen atoms in total. The Morgan fingerprint density at radius 3 is 2.94 bits per heavy atom. The summed E-state index contributed by atoms with van der Waals surface area (Å²) in [6.07, 6.45) is 4.80. The highest BCUT2D eigenvalue weighted by Gasteiger charge is 2.22. The first-order chi connectivity index (χ1) is 8.77. The molecule has 1 aliphatic rings. The van der Waals surface area contributed by atoms with Gasteiger partial charge in [-0.05, 0) is 36.0 Å². The molecule has 0 spiro atoms. The van der Waals surface area contributed by atoms with Crippen molar-refractivity contribution in [3.8, 4) is 0 Å². The summed E-state index contributed by atoms with van der Waals surface area (Å²) in [7, 11) is 1.63. The number of nitrogens with one attached hydrogen (secondary N) is 2. The minimum atomic E-state index is -0.108. The van der Waals surface area contributed by atoms with Crippen LogP contribution in [0.2, 0.25) is 0 Å². The number of hydrogen-bond acceptors (Lipinski definition) is 4. The van der Waals surface area contributed by atoms with E-state index in [9.17, 15) is 4.79 Å². The number of amides is 1. The van der Waals surface area contributed by atoms with Crippen molar-refractivity contribution in [2.24, 2.45) is 0 Å². The normalized spacial score (nSPS) is 13.4. The maximum atomic E-state index is 11.7. The molecule has 1 aliphatic carbocycles. The molecular weight excluding hydrogens is 230 g/mol. The van der Waals surface area contributed by atoms with Gasteiger partial charge in [-0.2, -0.15) is 0 Å². The first kappa shape index (κ1) is 13.0. The van der Waals surface area contributed by atoms with Crippen LogP contribution in [0, 0.1) is 0 Å². The second kappa shape index (κ2) is 5.93. The van der Waals surface area contributed by atoms with E-state index in [2.05, 4.69) is 15.6 Å². The molecule has 0 radical (unpaired) electrons. The largest absolute Gasteiger partial charge is 0.395 e. The number of aromatic nitrogens is 1. The standard InChI is InChI=1S/C13H19N3O2/c1-14-13(18)12-11-4-2-3-10(11)9(8-16-12)7-15-5-6-17/h8,15,17H,2-7H2,1H3,(H,14,18). The SMILES string of the molecule is CNC(=O)c1ncc(CNCCO)c2c1CCC2. The molecule has 0 fully saturated rings. The van der Waals surface area contributed by atoms with Gasteiger partial charge in [0.05, 0.1) is 6.61 Å². The van der Waals surface area contributed by atoms with Gasteiger partial charge < -0.3 is 15.7 Å². The van der Waals surface area contributed by atoms with Gasteiger partial charge in [0.1, 0.15) is 5.69 Å². The summed E-state index contributed by atoms with van der Waals surface area (Å²) in [6, 6.07) is 0. The van der Waals surface area contributed by atoms with Crippen molar-refractivity contribution in [3.05, 3.63) is 28.6 Å². The molecule has 2 rings (SSSR count). The van der Waals surface area contributed by atoms with Crippen molar-refractivity contribution < 1.29 is 9.90 Å². The Hall–Kier alpha value is -1.46. The van der Waals surface area contributed by atoms with Crippen molar-refractivity contribution in [1.29, 1.82) is 0 Å². The Morgan fingerprint density at radius 2 is 2.22 bits per heavy atom. The van der Waals surface area contributed by atoms with E-state index in [1.165, 1.54) is 5.56 Å². The van der Waals surface area contributed by atoms with Crippen LogP contribution in [0.25, 0.3) is 0 Å². The molecule has 0 saturated heterocycles. The van der Waals surface area contributed by atoms with Crippen molar-refractivity contribution in [1.82, 2.24) is 15.6 Å². The zero-order valence-corrected chi connectivity index (χ0v) is 10.6. The van der Waals surface area contributed by atoms with Gasteiger partial charge in [0.2, 0.25) is 0 Å². The van der Waals surface area contributed by atoms with E-state index in [1.807, 2.05) is 0 Å². The quantitative estimate of drug-likeness (QED) is 0.643. The van der Waals surface area contributed by atoms with Gasteiger partial charge >= 0.3 is 0 Å². The van der Waals surface area contributed by atoms with Crippen LogP contribution in [0.5, 0.6) is 0 Å². The van der Waals surface area contributed by atoms with Gasteiger partial charge in [-0.15, -0.1) is 0 Å². The van der Waals surface area contributed by atoms with E-state index in [1.54, 1.807) is 13.2 Å². The van der Waals surface area contributed by atoms with Crippen LogP contribution in [-0.2, 0) is 19.4 Å². The Balaban J connectivity index is 2.24. The number of carbonyl (C=O) groups is 1.